The van der Waals surface area contributed by atoms with Crippen LogP contribution >= 0.6 is 0 Å². The van der Waals surface area contributed by atoms with E-state index in [2.05, 4.69) is 35.9 Å². The van der Waals surface area contributed by atoms with E-state index in [-0.39, 0.29) is 60.3 Å². The first-order valence-corrected chi connectivity index (χ1v) is 10.7. The average molecular weight is 510 g/mol. The van der Waals surface area contributed by atoms with Gasteiger partial charge in [-0.25, -0.2) is 9.97 Å². The first-order chi connectivity index (χ1) is 16.7. The molecule has 0 saturated heterocycles. The molecule has 0 fully saturated rings. The van der Waals surface area contributed by atoms with Crippen molar-refractivity contribution in [2.45, 2.75) is 37.9 Å². The van der Waals surface area contributed by atoms with Crippen LogP contribution < -0.4 is 5.32 Å². The zero-order valence-corrected chi connectivity index (χ0v) is 21.1. The van der Waals surface area contributed by atoms with E-state index in [9.17, 15) is 22.0 Å². The first-order valence-electron chi connectivity index (χ1n) is 10.7. The van der Waals surface area contributed by atoms with E-state index in [4.69, 9.17) is 0 Å². The molecule has 0 amide bonds. The summed E-state index contributed by atoms with van der Waals surface area (Å²) in [4.78, 5) is 6.72. The summed E-state index contributed by atoms with van der Waals surface area (Å²) in [6.07, 6.45) is -5.16. The molecule has 7 nitrogen and oxygen atoms in total. The number of hydrogen-bond donors (Lipinski definition) is 2. The Morgan fingerprint density at radius 3 is 2.36 bits per heavy atom. The number of fused-ring (bicyclic) bond motifs is 1. The fourth-order valence-electron chi connectivity index (χ4n) is 4.10. The monoisotopic (exact) mass is 510 g/mol. The number of halogens is 5. The Kier molecular flexibility index (Phi) is 7.39. The maximum absolute atomic E-state index is 14.3. The van der Waals surface area contributed by atoms with Crippen molar-refractivity contribution in [1.29, 1.82) is 0 Å². The minimum Gasteiger partial charge on any atom is -0.366 e. The summed E-state index contributed by atoms with van der Waals surface area (Å²) >= 11 is 0. The molecule has 36 heavy (non-hydrogen) atoms. The molecule has 0 aliphatic heterocycles. The van der Waals surface area contributed by atoms with E-state index in [1.54, 1.807) is 12.1 Å². The van der Waals surface area contributed by atoms with Crippen LogP contribution in [-0.4, -0.2) is 60.1 Å². The van der Waals surface area contributed by atoms with Crippen LogP contribution in [0.25, 0.3) is 22.5 Å². The summed E-state index contributed by atoms with van der Waals surface area (Å²) in [7, 11) is 0. The van der Waals surface area contributed by atoms with Gasteiger partial charge in [-0.05, 0) is 34.7 Å². The molecule has 4 aromatic rings. The van der Waals surface area contributed by atoms with Gasteiger partial charge >= 0.3 is 6.18 Å². The molecule has 2 aromatic heterocycles. The summed E-state index contributed by atoms with van der Waals surface area (Å²) in [5.74, 6) is -4.78. The summed E-state index contributed by atoms with van der Waals surface area (Å²) in [5.41, 5.74) is 2.43. The summed E-state index contributed by atoms with van der Waals surface area (Å²) in [6.45, 7) is 0.0963. The quantitative estimate of drug-likeness (QED) is 0.290. The van der Waals surface area contributed by atoms with Crippen molar-refractivity contribution in [2.24, 2.45) is 0 Å². The Hall–Kier alpha value is -2.96. The van der Waals surface area contributed by atoms with Gasteiger partial charge in [0, 0.05) is 53.6 Å². The number of rotatable bonds is 5. The molecule has 0 unspecified atom stereocenters. The fraction of sp³-hybridized carbons (Fsp3) is 0.261. The van der Waals surface area contributed by atoms with E-state index in [1.165, 1.54) is 0 Å². The van der Waals surface area contributed by atoms with Crippen molar-refractivity contribution < 1.29 is 22.0 Å². The fourth-order valence-corrected chi connectivity index (χ4v) is 4.10. The number of aromatic amines is 1. The van der Waals surface area contributed by atoms with Gasteiger partial charge in [0.15, 0.2) is 0 Å². The van der Waals surface area contributed by atoms with E-state index < -0.39 is 30.0 Å². The third-order valence-corrected chi connectivity index (χ3v) is 5.76. The molecule has 0 saturated carbocycles. The number of nitrogens with one attached hydrogen (secondary N) is 2. The SMILES string of the molecule is FC(F)(F)c1nc(NCc2ccc(-c3ccccc3-c3nn[nH]n3)cc2)c2c(n1)C(F)(F)CCC2.[Na]. The Bertz CT molecular complexity index is 1340. The van der Waals surface area contributed by atoms with Crippen LogP contribution in [0.3, 0.4) is 0 Å². The van der Waals surface area contributed by atoms with E-state index in [1.807, 2.05) is 36.4 Å². The Balaban J connectivity index is 0.00000304. The molecule has 0 spiro atoms. The summed E-state index contributed by atoms with van der Waals surface area (Å²) in [6, 6.07) is 14.8. The molecule has 1 aliphatic carbocycles. The number of alkyl halides is 5. The molecule has 1 radical (unpaired) electrons. The minimum atomic E-state index is -4.94. The van der Waals surface area contributed by atoms with Crippen molar-refractivity contribution in [3.63, 3.8) is 0 Å². The maximum Gasteiger partial charge on any atom is 0.451 e. The summed E-state index contributed by atoms with van der Waals surface area (Å²) in [5, 5.41) is 16.9. The number of nitrogens with zero attached hydrogens (tertiary/aromatic N) is 5. The van der Waals surface area contributed by atoms with Gasteiger partial charge in [0.1, 0.15) is 11.5 Å². The number of aromatic nitrogens is 6. The maximum atomic E-state index is 14.3. The predicted octanol–water partition coefficient (Wildman–Crippen LogP) is 5.00. The van der Waals surface area contributed by atoms with Crippen LogP contribution in [0.15, 0.2) is 48.5 Å². The van der Waals surface area contributed by atoms with Crippen LogP contribution in [0.5, 0.6) is 0 Å². The van der Waals surface area contributed by atoms with Gasteiger partial charge in [0.2, 0.25) is 11.6 Å². The number of H-pyrrole nitrogens is 1. The van der Waals surface area contributed by atoms with E-state index in [0.29, 0.717) is 5.82 Å². The van der Waals surface area contributed by atoms with Crippen molar-refractivity contribution in [1.82, 2.24) is 30.6 Å². The molecule has 1 aliphatic rings. The van der Waals surface area contributed by atoms with Crippen molar-refractivity contribution in [3.8, 4) is 22.5 Å². The van der Waals surface area contributed by atoms with Gasteiger partial charge in [0.25, 0.3) is 5.92 Å². The average Bonchev–Trinajstić information content (AvgIpc) is 3.37. The smallest absolute Gasteiger partial charge is 0.366 e. The normalized spacial score (nSPS) is 14.6. The molecule has 2 aromatic carbocycles. The van der Waals surface area contributed by atoms with Crippen molar-refractivity contribution >= 4 is 35.4 Å². The van der Waals surface area contributed by atoms with Gasteiger partial charge in [0.05, 0.1) is 0 Å². The Morgan fingerprint density at radius 1 is 0.972 bits per heavy atom. The van der Waals surface area contributed by atoms with Gasteiger partial charge in [-0.2, -0.15) is 27.2 Å². The van der Waals surface area contributed by atoms with Crippen molar-refractivity contribution in [3.05, 3.63) is 71.2 Å². The predicted molar refractivity (Wildman–Crippen MR) is 122 cm³/mol. The number of tetrazole rings is 1. The molecular formula is C23H18F5N7Na. The molecule has 2 heterocycles. The molecule has 0 bridgehead atoms. The van der Waals surface area contributed by atoms with Crippen LogP contribution in [0.1, 0.15) is 35.5 Å². The Morgan fingerprint density at radius 2 is 1.69 bits per heavy atom. The van der Waals surface area contributed by atoms with E-state index in [0.717, 1.165) is 22.3 Å². The van der Waals surface area contributed by atoms with Gasteiger partial charge in [-0.15, -0.1) is 10.2 Å². The number of anilines is 1. The third kappa shape index (κ3) is 5.25. The zero-order chi connectivity index (χ0) is 24.6. The van der Waals surface area contributed by atoms with Crippen LogP contribution in [0.4, 0.5) is 27.8 Å². The molecule has 0 atom stereocenters. The van der Waals surface area contributed by atoms with Crippen LogP contribution in [0, 0.1) is 0 Å². The first kappa shape index (κ1) is 26.1. The third-order valence-electron chi connectivity index (χ3n) is 5.76. The standard InChI is InChI=1S/C23H18F5N7.Na/c24-22(25)11-3-6-17-18(22)30-21(23(26,27)28)31-19(17)29-12-13-7-9-14(10-8-13)15-4-1-2-5-16(15)20-32-34-35-33-20;/h1-2,4-5,7-10H,3,6,11-12H2,(H,29,30,31)(H,32,33,34,35);. The second-order valence-electron chi connectivity index (χ2n) is 8.11. The zero-order valence-electron chi connectivity index (χ0n) is 19.1. The summed E-state index contributed by atoms with van der Waals surface area (Å²) < 4.78 is 68.5. The topological polar surface area (TPSA) is 92.3 Å². The van der Waals surface area contributed by atoms with Crippen molar-refractivity contribution in [2.75, 3.05) is 5.32 Å². The molecule has 5 rings (SSSR count). The molecule has 2 N–H and O–H groups in total. The minimum absolute atomic E-state index is 0. The number of benzene rings is 2. The van der Waals surface area contributed by atoms with Gasteiger partial charge < -0.3 is 5.32 Å². The molecule has 181 valence electrons. The Labute approximate surface area is 224 Å². The largest absolute Gasteiger partial charge is 0.451 e. The molecular weight excluding hydrogens is 492 g/mol. The second kappa shape index (κ2) is 10.2. The molecule has 13 heteroatoms. The van der Waals surface area contributed by atoms with Crippen LogP contribution in [-0.2, 0) is 25.1 Å². The van der Waals surface area contributed by atoms with Crippen LogP contribution in [0.2, 0.25) is 0 Å². The van der Waals surface area contributed by atoms with E-state index >= 15 is 0 Å². The second-order valence-corrected chi connectivity index (χ2v) is 8.11. The van der Waals surface area contributed by atoms with Gasteiger partial charge in [-0.3, -0.25) is 0 Å². The van der Waals surface area contributed by atoms with Gasteiger partial charge in [-0.1, -0.05) is 48.5 Å². The number of hydrogen-bond acceptors (Lipinski definition) is 6.